The van der Waals surface area contributed by atoms with Crippen molar-refractivity contribution in [2.45, 2.75) is 20.3 Å². The van der Waals surface area contributed by atoms with E-state index in [1.807, 2.05) is 0 Å². The van der Waals surface area contributed by atoms with E-state index in [0.29, 0.717) is 0 Å². The van der Waals surface area contributed by atoms with Gasteiger partial charge in [-0.3, -0.25) is 9.59 Å². The number of Topliss-reactive ketones (excluding diaryl/α,β-unsaturated/α-hetero) is 2. The van der Waals surface area contributed by atoms with Gasteiger partial charge in [0.1, 0.15) is 11.6 Å². The molecule has 0 aliphatic carbocycles. The van der Waals surface area contributed by atoms with Crippen LogP contribution in [0, 0.1) is 0 Å². The Balaban J connectivity index is 0. The molecule has 0 fully saturated rings. The first-order valence-electron chi connectivity index (χ1n) is 2.45. The van der Waals surface area contributed by atoms with Crippen molar-refractivity contribution < 1.29 is 34.9 Å². The van der Waals surface area contributed by atoms with Crippen LogP contribution in [0.25, 0.3) is 0 Å². The summed E-state index contributed by atoms with van der Waals surface area (Å²) < 4.78 is 17.0. The molecule has 4 nitrogen and oxygen atoms in total. The molecule has 0 spiro atoms. The van der Waals surface area contributed by atoms with Crippen molar-refractivity contribution in [1.29, 1.82) is 0 Å². The molecule has 0 bridgehead atoms. The average molecular weight is 228 g/mol. The third-order valence-electron chi connectivity index (χ3n) is 0.498. The summed E-state index contributed by atoms with van der Waals surface area (Å²) >= 11 is -2.03. The predicted molar refractivity (Wildman–Crippen MR) is 27.4 cm³/mol. The van der Waals surface area contributed by atoms with Gasteiger partial charge in [0.25, 0.3) is 0 Å². The van der Waals surface area contributed by atoms with Gasteiger partial charge in [-0.2, -0.15) is 0 Å². The first-order valence-corrected chi connectivity index (χ1v) is 4.09. The second-order valence-corrected chi connectivity index (χ2v) is 1.98. The Morgan fingerprint density at radius 3 is 1.30 bits per heavy atom. The zero-order valence-corrected chi connectivity index (χ0v) is 7.76. The van der Waals surface area contributed by atoms with Crippen LogP contribution in [0.1, 0.15) is 20.3 Å². The normalized spacial score (nSPS) is 6.60. The summed E-state index contributed by atoms with van der Waals surface area (Å²) in [7, 11) is 0. The second kappa shape index (κ2) is 8.63. The van der Waals surface area contributed by atoms with E-state index in [-0.39, 0.29) is 18.0 Å². The molecule has 0 radical (unpaired) electrons. The molecule has 10 heavy (non-hydrogen) atoms. The molecule has 0 heterocycles. The van der Waals surface area contributed by atoms with Gasteiger partial charge in [-0.25, -0.2) is 0 Å². The van der Waals surface area contributed by atoms with E-state index in [2.05, 4.69) is 0 Å². The molecule has 0 unspecified atom stereocenters. The summed E-state index contributed by atoms with van der Waals surface area (Å²) in [5, 5.41) is 0. The van der Waals surface area contributed by atoms with Crippen molar-refractivity contribution in [2.24, 2.45) is 0 Å². The Hall–Kier alpha value is -0.372. The molecule has 0 amide bonds. The van der Waals surface area contributed by atoms with Crippen LogP contribution in [0.5, 0.6) is 0 Å². The Kier molecular flexibility index (Phi) is 10.6. The van der Waals surface area contributed by atoms with Crippen molar-refractivity contribution in [3.8, 4) is 0 Å². The Labute approximate surface area is 67.1 Å². The summed E-state index contributed by atoms with van der Waals surface area (Å²) in [6.07, 6.45) is 0.0833. The first kappa shape index (κ1) is 12.3. The van der Waals surface area contributed by atoms with Crippen LogP contribution in [0.4, 0.5) is 0 Å². The Morgan fingerprint density at radius 1 is 1.10 bits per heavy atom. The third kappa shape index (κ3) is 25.5. The number of carbonyl (C=O) groups excluding carboxylic acids is 2. The topological polar surface area (TPSA) is 68.3 Å². The van der Waals surface area contributed by atoms with Crippen LogP contribution in [0.3, 0.4) is 0 Å². The fraction of sp³-hybridized carbons (Fsp3) is 0.600. The average Bonchev–Trinajstić information content (AvgIpc) is 1.62. The second-order valence-electron chi connectivity index (χ2n) is 1.65. The van der Waals surface area contributed by atoms with Gasteiger partial charge in [0.05, 0.1) is 6.42 Å². The molecule has 5 heteroatoms. The first-order chi connectivity index (χ1) is 4.54. The summed E-state index contributed by atoms with van der Waals surface area (Å²) in [5.74, 6) is -0.125. The molecule has 0 N–H and O–H groups in total. The molecule has 0 aliphatic heterocycles. The van der Waals surface area contributed by atoms with Crippen molar-refractivity contribution in [2.75, 3.05) is 0 Å². The maximum absolute atomic E-state index is 10.0. The predicted octanol–water partition coefficient (Wildman–Crippen LogP) is 0.314. The van der Waals surface area contributed by atoms with Crippen LogP contribution >= 0.6 is 0 Å². The van der Waals surface area contributed by atoms with Crippen LogP contribution in [0.2, 0.25) is 0 Å². The fourth-order valence-corrected chi connectivity index (χ4v) is 0.351. The van der Waals surface area contributed by atoms with Gasteiger partial charge in [-0.1, -0.05) is 0 Å². The van der Waals surface area contributed by atoms with E-state index >= 15 is 0 Å². The van der Waals surface area contributed by atoms with E-state index in [1.54, 1.807) is 0 Å². The molecule has 0 atom stereocenters. The zero-order chi connectivity index (χ0) is 8.57. The minimum absolute atomic E-state index is 0.0625. The monoisotopic (exact) mass is 230 g/mol. The molecule has 0 rings (SSSR count). The standard InChI is InChI=1S/C5H8O2.Mo.2O/c1-4(6)3-5(2)7;;;/h3H2,1-2H3;;;/q;+2;;. The molecule has 0 aromatic rings. The summed E-state index contributed by atoms with van der Waals surface area (Å²) in [4.78, 5) is 20.1. The van der Waals surface area contributed by atoms with Gasteiger partial charge in [-0.05, 0) is 13.8 Å². The number of rotatable bonds is 2. The summed E-state index contributed by atoms with van der Waals surface area (Å²) in [6, 6.07) is 0. The van der Waals surface area contributed by atoms with Crippen LogP contribution in [0.15, 0.2) is 0 Å². The Morgan fingerprint density at radius 2 is 1.30 bits per heavy atom. The molecule has 0 aliphatic rings. The van der Waals surface area contributed by atoms with E-state index in [4.69, 9.17) is 6.80 Å². The molecule has 56 valence electrons. The molecule has 0 aromatic heterocycles. The van der Waals surface area contributed by atoms with Gasteiger partial charge in [0, 0.05) is 0 Å². The summed E-state index contributed by atoms with van der Waals surface area (Å²) in [6.45, 7) is 2.81. The number of ketones is 2. The minimum atomic E-state index is -2.03. The van der Waals surface area contributed by atoms with Gasteiger partial charge >= 0.3 is 25.3 Å². The van der Waals surface area contributed by atoms with Crippen LogP contribution in [-0.2, 0) is 34.9 Å². The van der Waals surface area contributed by atoms with Crippen molar-refractivity contribution in [1.82, 2.24) is 0 Å². The number of hydrogen-bond acceptors (Lipinski definition) is 4. The molecule has 0 saturated heterocycles. The zero-order valence-electron chi connectivity index (χ0n) is 5.75. The van der Waals surface area contributed by atoms with Gasteiger partial charge < -0.3 is 0 Å². The van der Waals surface area contributed by atoms with Crippen molar-refractivity contribution in [3.63, 3.8) is 0 Å². The Bertz CT molecular complexity index is 145. The van der Waals surface area contributed by atoms with E-state index in [1.165, 1.54) is 13.8 Å². The maximum atomic E-state index is 10.0. The molecular weight excluding hydrogens is 220 g/mol. The van der Waals surface area contributed by atoms with Crippen LogP contribution in [-0.4, -0.2) is 11.6 Å². The molecule has 0 saturated carbocycles. The fourth-order valence-electron chi connectivity index (χ4n) is 0.351. The van der Waals surface area contributed by atoms with E-state index < -0.39 is 18.5 Å². The van der Waals surface area contributed by atoms with Crippen molar-refractivity contribution in [3.05, 3.63) is 0 Å². The van der Waals surface area contributed by atoms with Gasteiger partial charge in [0.2, 0.25) is 0 Å². The molecule has 0 aromatic carbocycles. The van der Waals surface area contributed by atoms with E-state index in [9.17, 15) is 9.59 Å². The third-order valence-corrected chi connectivity index (χ3v) is 0.498. The number of carbonyl (C=O) groups is 2. The summed E-state index contributed by atoms with van der Waals surface area (Å²) in [5.41, 5.74) is 0. The van der Waals surface area contributed by atoms with Gasteiger partial charge in [0.15, 0.2) is 0 Å². The molecular formula is C5H8MoO4+2. The number of hydrogen-bond donors (Lipinski definition) is 0. The quantitative estimate of drug-likeness (QED) is 0.504. The SMILES string of the molecule is CC(=O)CC(C)=O.[O]=[Mo+2]=[O]. The van der Waals surface area contributed by atoms with E-state index in [0.717, 1.165) is 0 Å². The van der Waals surface area contributed by atoms with Gasteiger partial charge in [-0.15, -0.1) is 0 Å². The van der Waals surface area contributed by atoms with Crippen LogP contribution < -0.4 is 0 Å². The van der Waals surface area contributed by atoms with Crippen molar-refractivity contribution >= 4 is 11.6 Å².